The summed E-state index contributed by atoms with van der Waals surface area (Å²) in [7, 11) is 0. The largest absolute Gasteiger partial charge is 0.0584 e. The monoisotopic (exact) mass is 328 g/mol. The first kappa shape index (κ1) is 16.4. The number of hydrogen-bond acceptors (Lipinski definition) is 0. The quantitative estimate of drug-likeness (QED) is 0.271. The van der Waals surface area contributed by atoms with E-state index in [-0.39, 0.29) is 0 Å². The third-order valence-electron chi connectivity index (χ3n) is 5.62. The molecule has 128 valence electrons. The highest BCUT2D eigenvalue weighted by atomic mass is 14.1. The maximum absolute atomic E-state index is 2.36. The standard InChI is InChI=1S/C25H28/c1(2-4-6-8-20-10-12-22-14-16-24(22)18-20)3-5-7-9-21-11-13-23-15-17-25(23)19-21/h10-19H,1-9H2. The molecule has 0 spiro atoms. The maximum atomic E-state index is 2.36. The molecular weight excluding hydrogens is 300 g/mol. The molecule has 0 aromatic heterocycles. The van der Waals surface area contributed by atoms with Gasteiger partial charge in [-0.05, 0) is 59.1 Å². The lowest BCUT2D eigenvalue weighted by Gasteiger charge is -2.12. The Balaban J connectivity index is 1.02. The molecule has 0 saturated heterocycles. The van der Waals surface area contributed by atoms with Gasteiger partial charge >= 0.3 is 0 Å². The second kappa shape index (κ2) is 7.87. The van der Waals surface area contributed by atoms with Crippen LogP contribution < -0.4 is 0 Å². The number of benzene rings is 2. The van der Waals surface area contributed by atoms with Crippen molar-refractivity contribution in [3.8, 4) is 0 Å². The molecule has 2 aliphatic carbocycles. The summed E-state index contributed by atoms with van der Waals surface area (Å²) in [5, 5.41) is 0. The van der Waals surface area contributed by atoms with Gasteiger partial charge in [-0.25, -0.2) is 0 Å². The highest BCUT2D eigenvalue weighted by Gasteiger charge is 2.06. The number of fused-ring (bicyclic) bond motifs is 2. The molecule has 2 aliphatic rings. The summed E-state index contributed by atoms with van der Waals surface area (Å²) < 4.78 is 0. The molecule has 0 amide bonds. The molecule has 0 radical (unpaired) electrons. The Kier molecular flexibility index (Phi) is 5.16. The van der Waals surface area contributed by atoms with Gasteiger partial charge in [0.1, 0.15) is 0 Å². The second-order valence-electron chi connectivity index (χ2n) is 7.57. The molecular formula is C25H28. The van der Waals surface area contributed by atoms with E-state index in [0.29, 0.717) is 0 Å². The average Bonchev–Trinajstić information content (AvgIpc) is 2.57. The van der Waals surface area contributed by atoms with Crippen molar-refractivity contribution in [2.24, 2.45) is 0 Å². The molecule has 0 aliphatic heterocycles. The van der Waals surface area contributed by atoms with Crippen LogP contribution >= 0.6 is 0 Å². The maximum Gasteiger partial charge on any atom is -0.0181 e. The molecule has 0 fully saturated rings. The third-order valence-corrected chi connectivity index (χ3v) is 5.62. The third kappa shape index (κ3) is 4.12. The van der Waals surface area contributed by atoms with Crippen LogP contribution in [0.1, 0.15) is 78.3 Å². The first-order chi connectivity index (χ1) is 12.4. The van der Waals surface area contributed by atoms with E-state index in [1.165, 1.54) is 91.2 Å². The van der Waals surface area contributed by atoms with Gasteiger partial charge in [0.05, 0.1) is 0 Å². The van der Waals surface area contributed by atoms with Crippen molar-refractivity contribution in [2.45, 2.75) is 57.8 Å². The van der Waals surface area contributed by atoms with Crippen LogP contribution in [0.3, 0.4) is 0 Å². The summed E-state index contributed by atoms with van der Waals surface area (Å²) in [5.74, 6) is 0. The average molecular weight is 328 g/mol. The van der Waals surface area contributed by atoms with Crippen LogP contribution in [-0.4, -0.2) is 0 Å². The predicted molar refractivity (Wildman–Crippen MR) is 110 cm³/mol. The van der Waals surface area contributed by atoms with Crippen LogP contribution in [0.25, 0.3) is 24.3 Å². The molecule has 2 aromatic rings. The van der Waals surface area contributed by atoms with Crippen molar-refractivity contribution in [1.82, 2.24) is 0 Å². The van der Waals surface area contributed by atoms with Crippen LogP contribution in [-0.2, 0) is 12.8 Å². The molecule has 0 bridgehead atoms. The molecule has 25 heavy (non-hydrogen) atoms. The number of aryl methyl sites for hydroxylation is 2. The number of hydrogen-bond donors (Lipinski definition) is 0. The van der Waals surface area contributed by atoms with Crippen LogP contribution in [0, 0.1) is 0 Å². The Morgan fingerprint density at radius 3 is 1.16 bits per heavy atom. The Hall–Kier alpha value is -2.08. The summed E-state index contributed by atoms with van der Waals surface area (Å²) in [4.78, 5) is 0. The number of rotatable bonds is 10. The minimum atomic E-state index is 1.24. The topological polar surface area (TPSA) is 0 Å². The lowest BCUT2D eigenvalue weighted by Crippen LogP contribution is -1.94. The van der Waals surface area contributed by atoms with Crippen molar-refractivity contribution >= 4 is 24.3 Å². The van der Waals surface area contributed by atoms with Gasteiger partial charge in [-0.3, -0.25) is 0 Å². The van der Waals surface area contributed by atoms with Gasteiger partial charge in [-0.2, -0.15) is 0 Å². The van der Waals surface area contributed by atoms with E-state index < -0.39 is 0 Å². The normalized spacial score (nSPS) is 13.1. The lowest BCUT2D eigenvalue weighted by atomic mass is 9.93. The molecule has 4 rings (SSSR count). The Morgan fingerprint density at radius 2 is 0.800 bits per heavy atom. The van der Waals surface area contributed by atoms with E-state index >= 15 is 0 Å². The van der Waals surface area contributed by atoms with E-state index in [1.807, 2.05) is 0 Å². The van der Waals surface area contributed by atoms with Gasteiger partial charge in [0.15, 0.2) is 0 Å². The Labute approximate surface area is 152 Å². The van der Waals surface area contributed by atoms with E-state index in [2.05, 4.69) is 60.7 Å². The van der Waals surface area contributed by atoms with Crippen molar-refractivity contribution in [2.75, 3.05) is 0 Å². The van der Waals surface area contributed by atoms with E-state index in [0.717, 1.165) is 0 Å². The molecule has 0 N–H and O–H groups in total. The second-order valence-corrected chi connectivity index (χ2v) is 7.57. The van der Waals surface area contributed by atoms with Crippen molar-refractivity contribution in [3.63, 3.8) is 0 Å². The Morgan fingerprint density at radius 1 is 0.400 bits per heavy atom. The summed E-state index contributed by atoms with van der Waals surface area (Å²) >= 11 is 0. The van der Waals surface area contributed by atoms with Gasteiger partial charge in [0.2, 0.25) is 0 Å². The van der Waals surface area contributed by atoms with Gasteiger partial charge in [-0.1, -0.05) is 92.8 Å². The van der Waals surface area contributed by atoms with Gasteiger partial charge < -0.3 is 0 Å². The van der Waals surface area contributed by atoms with Gasteiger partial charge in [0.25, 0.3) is 0 Å². The molecule has 2 aromatic carbocycles. The van der Waals surface area contributed by atoms with Crippen molar-refractivity contribution in [1.29, 1.82) is 0 Å². The van der Waals surface area contributed by atoms with Gasteiger partial charge in [-0.15, -0.1) is 0 Å². The van der Waals surface area contributed by atoms with Crippen molar-refractivity contribution in [3.05, 3.63) is 69.8 Å². The first-order valence-electron chi connectivity index (χ1n) is 10.0. The smallest absolute Gasteiger partial charge is 0.0181 e. The minimum Gasteiger partial charge on any atom is -0.0584 e. The molecule has 0 nitrogen and oxygen atoms in total. The zero-order chi connectivity index (χ0) is 16.9. The predicted octanol–water partition coefficient (Wildman–Crippen LogP) is 7.17. The highest BCUT2D eigenvalue weighted by Crippen LogP contribution is 2.26. The fraction of sp³-hybridized carbons (Fsp3) is 0.360. The van der Waals surface area contributed by atoms with E-state index in [9.17, 15) is 0 Å². The van der Waals surface area contributed by atoms with Crippen LogP contribution in [0.5, 0.6) is 0 Å². The summed E-state index contributed by atoms with van der Waals surface area (Å²) in [6.45, 7) is 0. The Bertz CT molecular complexity index is 724. The molecule has 0 unspecified atom stereocenters. The fourth-order valence-electron chi connectivity index (χ4n) is 3.86. The fourth-order valence-corrected chi connectivity index (χ4v) is 3.86. The summed E-state index contributed by atoms with van der Waals surface area (Å²) in [6.07, 6.45) is 20.9. The van der Waals surface area contributed by atoms with Crippen LogP contribution in [0.4, 0.5) is 0 Å². The zero-order valence-electron chi connectivity index (χ0n) is 15.1. The first-order valence-corrected chi connectivity index (χ1v) is 10.0. The summed E-state index contributed by atoms with van der Waals surface area (Å²) in [6, 6.07) is 13.9. The minimum absolute atomic E-state index is 1.24. The van der Waals surface area contributed by atoms with E-state index in [1.54, 1.807) is 0 Å². The molecule has 0 saturated carbocycles. The SMILES string of the molecule is C1=Cc2cc(CCCCCCCCCc3ccc4c(c3)C=C4)ccc21. The van der Waals surface area contributed by atoms with Crippen LogP contribution in [0.2, 0.25) is 0 Å². The molecule has 0 heteroatoms. The zero-order valence-corrected chi connectivity index (χ0v) is 15.1. The molecule has 0 heterocycles. The number of unbranched alkanes of at least 4 members (excludes halogenated alkanes) is 6. The van der Waals surface area contributed by atoms with Crippen molar-refractivity contribution < 1.29 is 0 Å². The van der Waals surface area contributed by atoms with E-state index in [4.69, 9.17) is 0 Å². The summed E-state index contributed by atoms with van der Waals surface area (Å²) in [5.41, 5.74) is 8.70. The van der Waals surface area contributed by atoms with Crippen LogP contribution in [0.15, 0.2) is 36.4 Å². The highest BCUT2D eigenvalue weighted by molar-refractivity contribution is 5.86. The molecule has 0 atom stereocenters. The lowest BCUT2D eigenvalue weighted by molar-refractivity contribution is 0.579. The van der Waals surface area contributed by atoms with Gasteiger partial charge in [0, 0.05) is 0 Å².